The Labute approximate surface area is 117 Å². The molecule has 0 unspecified atom stereocenters. The van der Waals surface area contributed by atoms with Crippen molar-refractivity contribution in [3.8, 4) is 0 Å². The molecule has 0 atom stereocenters. The monoisotopic (exact) mass is 289 g/mol. The number of carbonyl (C=O) groups excluding carboxylic acids is 1. The van der Waals surface area contributed by atoms with E-state index in [-0.39, 0.29) is 5.91 Å². The van der Waals surface area contributed by atoms with Gasteiger partial charge in [-0.1, -0.05) is 0 Å². The van der Waals surface area contributed by atoms with Crippen LogP contribution in [-0.4, -0.2) is 15.9 Å². The maximum atomic E-state index is 12.1. The van der Waals surface area contributed by atoms with Crippen molar-refractivity contribution < 1.29 is 9.21 Å². The van der Waals surface area contributed by atoms with E-state index in [1.807, 2.05) is 13.8 Å². The van der Waals surface area contributed by atoms with Gasteiger partial charge < -0.3 is 4.42 Å². The van der Waals surface area contributed by atoms with E-state index in [0.29, 0.717) is 21.8 Å². The number of H-pyrrole nitrogens is 1. The SMILES string of the molecule is Cc1nc(NC(=O)c2ccc3oc(=O)[nH]c3c2)sc1C. The summed E-state index contributed by atoms with van der Waals surface area (Å²) in [6, 6.07) is 4.76. The van der Waals surface area contributed by atoms with Gasteiger partial charge in [0.1, 0.15) is 0 Å². The van der Waals surface area contributed by atoms with Crippen molar-refractivity contribution in [3.63, 3.8) is 0 Å². The van der Waals surface area contributed by atoms with Gasteiger partial charge in [0.2, 0.25) is 0 Å². The van der Waals surface area contributed by atoms with Crippen molar-refractivity contribution in [2.24, 2.45) is 0 Å². The van der Waals surface area contributed by atoms with Gasteiger partial charge in [-0.3, -0.25) is 15.1 Å². The van der Waals surface area contributed by atoms with E-state index >= 15 is 0 Å². The van der Waals surface area contributed by atoms with Crippen LogP contribution < -0.4 is 11.1 Å². The Bertz CT molecular complexity index is 840. The van der Waals surface area contributed by atoms with E-state index < -0.39 is 5.76 Å². The van der Waals surface area contributed by atoms with Crippen molar-refractivity contribution in [3.05, 3.63) is 44.9 Å². The van der Waals surface area contributed by atoms with Crippen molar-refractivity contribution >= 4 is 33.5 Å². The number of nitrogens with one attached hydrogen (secondary N) is 2. The molecular formula is C13H11N3O3S. The van der Waals surface area contributed by atoms with Gasteiger partial charge in [0, 0.05) is 10.4 Å². The lowest BCUT2D eigenvalue weighted by molar-refractivity contribution is 0.102. The highest BCUT2D eigenvalue weighted by molar-refractivity contribution is 7.15. The number of amides is 1. The molecule has 3 aromatic rings. The van der Waals surface area contributed by atoms with Crippen LogP contribution in [0, 0.1) is 13.8 Å². The number of carbonyl (C=O) groups is 1. The molecule has 7 heteroatoms. The van der Waals surface area contributed by atoms with E-state index in [0.717, 1.165) is 10.6 Å². The summed E-state index contributed by atoms with van der Waals surface area (Å²) in [7, 11) is 0. The smallest absolute Gasteiger partial charge is 0.408 e. The third-order valence-corrected chi connectivity index (χ3v) is 3.92. The number of nitrogens with zero attached hydrogens (tertiary/aromatic N) is 1. The molecule has 0 spiro atoms. The van der Waals surface area contributed by atoms with E-state index in [2.05, 4.69) is 15.3 Å². The van der Waals surface area contributed by atoms with Crippen molar-refractivity contribution in [1.82, 2.24) is 9.97 Å². The maximum absolute atomic E-state index is 12.1. The number of oxazole rings is 1. The van der Waals surface area contributed by atoms with E-state index in [4.69, 9.17) is 4.42 Å². The van der Waals surface area contributed by atoms with Crippen LogP contribution in [0.1, 0.15) is 20.9 Å². The zero-order valence-corrected chi connectivity index (χ0v) is 11.6. The summed E-state index contributed by atoms with van der Waals surface area (Å²) in [5.74, 6) is -0.813. The van der Waals surface area contributed by atoms with Gasteiger partial charge in [-0.2, -0.15) is 0 Å². The number of benzene rings is 1. The number of hydrogen-bond acceptors (Lipinski definition) is 5. The lowest BCUT2D eigenvalue weighted by Gasteiger charge is -2.01. The first kappa shape index (κ1) is 12.6. The lowest BCUT2D eigenvalue weighted by atomic mass is 10.2. The molecule has 0 aliphatic heterocycles. The van der Waals surface area contributed by atoms with E-state index in [1.54, 1.807) is 18.2 Å². The van der Waals surface area contributed by atoms with E-state index in [9.17, 15) is 9.59 Å². The molecule has 0 radical (unpaired) electrons. The second-order valence-corrected chi connectivity index (χ2v) is 5.54. The summed E-state index contributed by atoms with van der Waals surface area (Å²) in [6.07, 6.45) is 0. The number of thiazole rings is 1. The van der Waals surface area contributed by atoms with Crippen LogP contribution in [0.3, 0.4) is 0 Å². The fourth-order valence-corrected chi connectivity index (χ4v) is 2.60. The van der Waals surface area contributed by atoms with Crippen LogP contribution in [0.25, 0.3) is 11.1 Å². The highest BCUT2D eigenvalue weighted by atomic mass is 32.1. The molecule has 0 saturated heterocycles. The Hall–Kier alpha value is -2.41. The van der Waals surface area contributed by atoms with Gasteiger partial charge in [-0.15, -0.1) is 11.3 Å². The summed E-state index contributed by atoms with van der Waals surface area (Å²) < 4.78 is 4.89. The number of rotatable bonds is 2. The fraction of sp³-hybridized carbons (Fsp3) is 0.154. The minimum absolute atomic E-state index is 0.275. The van der Waals surface area contributed by atoms with Crippen molar-refractivity contribution in [1.29, 1.82) is 0 Å². The summed E-state index contributed by atoms with van der Waals surface area (Å²) in [6.45, 7) is 3.84. The van der Waals surface area contributed by atoms with Gasteiger partial charge in [0.05, 0.1) is 11.2 Å². The molecule has 2 N–H and O–H groups in total. The number of fused-ring (bicyclic) bond motifs is 1. The molecule has 2 aromatic heterocycles. The van der Waals surface area contributed by atoms with Crippen molar-refractivity contribution in [2.75, 3.05) is 5.32 Å². The first-order valence-corrected chi connectivity index (χ1v) is 6.73. The fourth-order valence-electron chi connectivity index (χ4n) is 1.79. The van der Waals surface area contributed by atoms with Gasteiger partial charge in [0.15, 0.2) is 10.7 Å². The second kappa shape index (κ2) is 4.61. The molecule has 0 bridgehead atoms. The van der Waals surface area contributed by atoms with Gasteiger partial charge >= 0.3 is 5.76 Å². The molecule has 3 rings (SSSR count). The lowest BCUT2D eigenvalue weighted by Crippen LogP contribution is -2.11. The molecule has 0 fully saturated rings. The number of aromatic nitrogens is 2. The molecule has 1 aromatic carbocycles. The number of aromatic amines is 1. The van der Waals surface area contributed by atoms with Crippen molar-refractivity contribution in [2.45, 2.75) is 13.8 Å². The maximum Gasteiger partial charge on any atom is 0.417 e. The minimum atomic E-state index is -0.538. The van der Waals surface area contributed by atoms with Crippen LogP contribution in [0.15, 0.2) is 27.4 Å². The summed E-state index contributed by atoms with van der Waals surface area (Å²) >= 11 is 1.43. The predicted octanol–water partition coefficient (Wildman–Crippen LogP) is 2.45. The van der Waals surface area contributed by atoms with Gasteiger partial charge in [-0.25, -0.2) is 9.78 Å². The Balaban J connectivity index is 1.89. The average Bonchev–Trinajstić information content (AvgIpc) is 2.90. The van der Waals surface area contributed by atoms with Gasteiger partial charge in [-0.05, 0) is 32.0 Å². The molecular weight excluding hydrogens is 278 g/mol. The normalized spacial score (nSPS) is 10.9. The summed E-state index contributed by atoms with van der Waals surface area (Å²) in [5, 5.41) is 3.30. The topological polar surface area (TPSA) is 88.0 Å². The standard InChI is InChI=1S/C13H11N3O3S/c1-6-7(2)20-12(14-6)16-11(17)8-3-4-10-9(5-8)15-13(18)19-10/h3-5H,1-2H3,(H,15,18)(H,14,16,17). The number of anilines is 1. The Kier molecular flexibility index (Phi) is 2.90. The first-order chi connectivity index (χ1) is 9.52. The molecule has 6 nitrogen and oxygen atoms in total. The van der Waals surface area contributed by atoms with E-state index in [1.165, 1.54) is 11.3 Å². The van der Waals surface area contributed by atoms with Crippen LogP contribution >= 0.6 is 11.3 Å². The summed E-state index contributed by atoms with van der Waals surface area (Å²) in [5.41, 5.74) is 2.25. The number of aryl methyl sites for hydroxylation is 2. The molecule has 2 heterocycles. The average molecular weight is 289 g/mol. The minimum Gasteiger partial charge on any atom is -0.408 e. The summed E-state index contributed by atoms with van der Waals surface area (Å²) in [4.78, 5) is 31.0. The van der Waals surface area contributed by atoms with Crippen LogP contribution in [0.5, 0.6) is 0 Å². The zero-order chi connectivity index (χ0) is 14.3. The third kappa shape index (κ3) is 2.23. The Morgan fingerprint density at radius 3 is 2.90 bits per heavy atom. The second-order valence-electron chi connectivity index (χ2n) is 4.34. The molecule has 0 saturated carbocycles. The zero-order valence-electron chi connectivity index (χ0n) is 10.8. The molecule has 1 amide bonds. The third-order valence-electron chi connectivity index (χ3n) is 2.93. The molecule has 0 aliphatic carbocycles. The van der Waals surface area contributed by atoms with Crippen LogP contribution in [0.4, 0.5) is 5.13 Å². The number of hydrogen-bond donors (Lipinski definition) is 2. The largest absolute Gasteiger partial charge is 0.417 e. The Morgan fingerprint density at radius 2 is 2.20 bits per heavy atom. The molecule has 0 aliphatic rings. The quantitative estimate of drug-likeness (QED) is 0.758. The molecule has 20 heavy (non-hydrogen) atoms. The van der Waals surface area contributed by atoms with Crippen LogP contribution in [-0.2, 0) is 0 Å². The highest BCUT2D eigenvalue weighted by Crippen LogP contribution is 2.22. The van der Waals surface area contributed by atoms with Gasteiger partial charge in [0.25, 0.3) is 5.91 Å². The molecule has 102 valence electrons. The first-order valence-electron chi connectivity index (χ1n) is 5.91. The highest BCUT2D eigenvalue weighted by Gasteiger charge is 2.11. The Morgan fingerprint density at radius 1 is 1.40 bits per heavy atom. The predicted molar refractivity (Wildman–Crippen MR) is 76.4 cm³/mol. The van der Waals surface area contributed by atoms with Crippen LogP contribution in [0.2, 0.25) is 0 Å².